The Morgan fingerprint density at radius 2 is 2.24 bits per heavy atom. The number of likely N-dealkylation sites (tertiary alicyclic amines) is 1. The largest absolute Gasteiger partial charge is 0.480 e. The lowest BCUT2D eigenvalue weighted by Crippen LogP contribution is -2.40. The van der Waals surface area contributed by atoms with Crippen molar-refractivity contribution in [2.24, 2.45) is 7.05 Å². The van der Waals surface area contributed by atoms with Crippen LogP contribution in [0.1, 0.15) is 28.9 Å². The molecule has 0 saturated carbocycles. The van der Waals surface area contributed by atoms with Gasteiger partial charge in [-0.1, -0.05) is 0 Å². The number of amides is 1. The number of carbonyl (C=O) groups excluding carboxylic acids is 1. The minimum atomic E-state index is -0.933. The summed E-state index contributed by atoms with van der Waals surface area (Å²) in [4.78, 5) is 24.7. The number of aryl methyl sites for hydroxylation is 2. The highest BCUT2D eigenvalue weighted by Gasteiger charge is 2.35. The fraction of sp³-hybridized carbons (Fsp3) is 0.545. The molecule has 0 unspecified atom stereocenters. The molecular formula is C11H15N3O3. The summed E-state index contributed by atoms with van der Waals surface area (Å²) in [6.07, 6.45) is 2.90. The van der Waals surface area contributed by atoms with E-state index in [-0.39, 0.29) is 5.91 Å². The molecule has 6 nitrogen and oxygen atoms in total. The highest BCUT2D eigenvalue weighted by Crippen LogP contribution is 2.21. The molecule has 1 N–H and O–H groups in total. The van der Waals surface area contributed by atoms with Gasteiger partial charge in [0.25, 0.3) is 5.91 Å². The molecule has 0 aromatic carbocycles. The van der Waals surface area contributed by atoms with Crippen molar-refractivity contribution in [2.45, 2.75) is 25.8 Å². The number of hydrogen-bond donors (Lipinski definition) is 1. The van der Waals surface area contributed by atoms with Gasteiger partial charge in [-0.15, -0.1) is 0 Å². The summed E-state index contributed by atoms with van der Waals surface area (Å²) in [6.45, 7) is 2.25. The summed E-state index contributed by atoms with van der Waals surface area (Å²) >= 11 is 0. The number of hydrogen-bond acceptors (Lipinski definition) is 3. The maximum absolute atomic E-state index is 12.2. The SMILES string of the molecule is Cc1nn(C)cc1C(=O)N1CCC[C@H]1C(=O)O. The average Bonchev–Trinajstić information content (AvgIpc) is 2.83. The molecule has 1 aliphatic rings. The molecule has 17 heavy (non-hydrogen) atoms. The zero-order chi connectivity index (χ0) is 12.6. The number of carboxylic acid groups (broad SMARTS) is 1. The lowest BCUT2D eigenvalue weighted by Gasteiger charge is -2.20. The summed E-state index contributed by atoms with van der Waals surface area (Å²) in [7, 11) is 1.74. The van der Waals surface area contributed by atoms with Crippen LogP contribution in [-0.4, -0.2) is 44.3 Å². The number of carbonyl (C=O) groups is 2. The van der Waals surface area contributed by atoms with Crippen molar-refractivity contribution >= 4 is 11.9 Å². The average molecular weight is 237 g/mol. The second kappa shape index (κ2) is 4.20. The maximum atomic E-state index is 12.2. The van der Waals surface area contributed by atoms with Crippen molar-refractivity contribution in [3.05, 3.63) is 17.5 Å². The molecule has 1 aromatic rings. The Kier molecular flexibility index (Phi) is 2.87. The van der Waals surface area contributed by atoms with Gasteiger partial charge in [0, 0.05) is 19.8 Å². The molecular weight excluding hydrogens is 222 g/mol. The standard InChI is InChI=1S/C11H15N3O3/c1-7-8(6-13(2)12-7)10(15)14-5-3-4-9(14)11(16)17/h6,9H,3-5H2,1-2H3,(H,16,17)/t9-/m0/s1. The van der Waals surface area contributed by atoms with Gasteiger partial charge in [0.05, 0.1) is 11.3 Å². The molecule has 92 valence electrons. The van der Waals surface area contributed by atoms with Crippen molar-refractivity contribution in [3.63, 3.8) is 0 Å². The zero-order valence-electron chi connectivity index (χ0n) is 9.88. The number of nitrogens with zero attached hydrogens (tertiary/aromatic N) is 3. The van der Waals surface area contributed by atoms with Gasteiger partial charge >= 0.3 is 5.97 Å². The molecule has 1 aliphatic heterocycles. The minimum Gasteiger partial charge on any atom is -0.480 e. The Morgan fingerprint density at radius 3 is 2.76 bits per heavy atom. The number of rotatable bonds is 2. The van der Waals surface area contributed by atoms with Crippen LogP contribution in [0.15, 0.2) is 6.20 Å². The fourth-order valence-electron chi connectivity index (χ4n) is 2.23. The molecule has 2 rings (SSSR count). The first kappa shape index (κ1) is 11.6. The summed E-state index contributed by atoms with van der Waals surface area (Å²) < 4.78 is 1.56. The van der Waals surface area contributed by atoms with E-state index in [1.807, 2.05) is 0 Å². The molecule has 2 heterocycles. The van der Waals surface area contributed by atoms with Crippen molar-refractivity contribution in [1.29, 1.82) is 0 Å². The van der Waals surface area contributed by atoms with Gasteiger partial charge in [-0.3, -0.25) is 9.48 Å². The molecule has 1 atom stereocenters. The van der Waals surface area contributed by atoms with Gasteiger partial charge in [0.2, 0.25) is 0 Å². The highest BCUT2D eigenvalue weighted by atomic mass is 16.4. The van der Waals surface area contributed by atoms with E-state index < -0.39 is 12.0 Å². The monoisotopic (exact) mass is 237 g/mol. The van der Waals surface area contributed by atoms with Crippen LogP contribution < -0.4 is 0 Å². The molecule has 0 aliphatic carbocycles. The van der Waals surface area contributed by atoms with Crippen molar-refractivity contribution in [1.82, 2.24) is 14.7 Å². The van der Waals surface area contributed by atoms with Crippen LogP contribution in [0.3, 0.4) is 0 Å². The quantitative estimate of drug-likeness (QED) is 0.808. The third-order valence-corrected chi connectivity index (χ3v) is 3.04. The Balaban J connectivity index is 2.25. The molecule has 0 radical (unpaired) electrons. The topological polar surface area (TPSA) is 75.4 Å². The Morgan fingerprint density at radius 1 is 1.53 bits per heavy atom. The van der Waals surface area contributed by atoms with E-state index in [4.69, 9.17) is 5.11 Å². The highest BCUT2D eigenvalue weighted by molar-refractivity contribution is 5.97. The fourth-order valence-corrected chi connectivity index (χ4v) is 2.23. The van der Waals surface area contributed by atoms with E-state index in [1.165, 1.54) is 4.90 Å². The van der Waals surface area contributed by atoms with Crippen LogP contribution in [0, 0.1) is 6.92 Å². The van der Waals surface area contributed by atoms with Gasteiger partial charge < -0.3 is 10.0 Å². The molecule has 1 amide bonds. The van der Waals surface area contributed by atoms with Crippen LogP contribution in [0.5, 0.6) is 0 Å². The Labute approximate surface area is 98.8 Å². The maximum Gasteiger partial charge on any atom is 0.326 e. The predicted molar refractivity (Wildman–Crippen MR) is 59.6 cm³/mol. The van der Waals surface area contributed by atoms with Gasteiger partial charge in [-0.2, -0.15) is 5.10 Å². The molecule has 1 aromatic heterocycles. The number of aliphatic carboxylic acids is 1. The van der Waals surface area contributed by atoms with Crippen LogP contribution in [0.4, 0.5) is 0 Å². The molecule has 0 spiro atoms. The molecule has 0 bridgehead atoms. The van der Waals surface area contributed by atoms with Crippen LogP contribution in [0.2, 0.25) is 0 Å². The van der Waals surface area contributed by atoms with E-state index in [9.17, 15) is 9.59 Å². The molecule has 6 heteroatoms. The van der Waals surface area contributed by atoms with Crippen molar-refractivity contribution in [3.8, 4) is 0 Å². The van der Waals surface area contributed by atoms with Crippen LogP contribution >= 0.6 is 0 Å². The first-order valence-corrected chi connectivity index (χ1v) is 5.54. The van der Waals surface area contributed by atoms with Crippen LogP contribution in [0.25, 0.3) is 0 Å². The van der Waals surface area contributed by atoms with Crippen molar-refractivity contribution < 1.29 is 14.7 Å². The third-order valence-electron chi connectivity index (χ3n) is 3.04. The Bertz CT molecular complexity index is 467. The van der Waals surface area contributed by atoms with Gasteiger partial charge in [-0.25, -0.2) is 4.79 Å². The summed E-state index contributed by atoms with van der Waals surface area (Å²) in [5.74, 6) is -1.17. The lowest BCUT2D eigenvalue weighted by atomic mass is 10.2. The van der Waals surface area contributed by atoms with E-state index in [0.717, 1.165) is 6.42 Å². The lowest BCUT2D eigenvalue weighted by molar-refractivity contribution is -0.141. The molecule has 1 saturated heterocycles. The Hall–Kier alpha value is -1.85. The van der Waals surface area contributed by atoms with E-state index in [0.29, 0.717) is 24.2 Å². The second-order valence-corrected chi connectivity index (χ2v) is 4.30. The van der Waals surface area contributed by atoms with E-state index in [2.05, 4.69) is 5.10 Å². The van der Waals surface area contributed by atoms with Crippen LogP contribution in [-0.2, 0) is 11.8 Å². The summed E-state index contributed by atoms with van der Waals surface area (Å²) in [5, 5.41) is 13.1. The minimum absolute atomic E-state index is 0.236. The third kappa shape index (κ3) is 2.02. The second-order valence-electron chi connectivity index (χ2n) is 4.30. The van der Waals surface area contributed by atoms with E-state index >= 15 is 0 Å². The summed E-state index contributed by atoms with van der Waals surface area (Å²) in [6, 6.07) is -0.692. The van der Waals surface area contributed by atoms with Gasteiger partial charge in [0.1, 0.15) is 6.04 Å². The predicted octanol–water partition coefficient (Wildman–Crippen LogP) is 0.418. The zero-order valence-corrected chi connectivity index (χ0v) is 9.88. The smallest absolute Gasteiger partial charge is 0.326 e. The molecule has 1 fully saturated rings. The van der Waals surface area contributed by atoms with Gasteiger partial charge in [0.15, 0.2) is 0 Å². The van der Waals surface area contributed by atoms with E-state index in [1.54, 1.807) is 24.9 Å². The first-order valence-electron chi connectivity index (χ1n) is 5.54. The normalized spacial score (nSPS) is 19.6. The first-order chi connectivity index (χ1) is 8.00. The summed E-state index contributed by atoms with van der Waals surface area (Å²) in [5.41, 5.74) is 1.12. The van der Waals surface area contributed by atoms with Crippen molar-refractivity contribution in [2.75, 3.05) is 6.54 Å². The number of carboxylic acids is 1. The number of aromatic nitrogens is 2. The van der Waals surface area contributed by atoms with Gasteiger partial charge in [-0.05, 0) is 19.8 Å².